The van der Waals surface area contributed by atoms with Crippen LogP contribution in [0.15, 0.2) is 48.5 Å². The zero-order valence-electron chi connectivity index (χ0n) is 12.1. The van der Waals surface area contributed by atoms with Crippen LogP contribution in [0.3, 0.4) is 0 Å². The lowest BCUT2D eigenvalue weighted by Crippen LogP contribution is -2.06. The molecule has 0 radical (unpaired) electrons. The highest BCUT2D eigenvalue weighted by molar-refractivity contribution is 7.66. The summed E-state index contributed by atoms with van der Waals surface area (Å²) in [5, 5.41) is 12.0. The standard InChI is InChI=1S/C17H19O3P/c1-12(2)11-20-15-7-9-16(10-8-15)21-17(19)13-3-5-14(18)6-4-13/h3-10,12,18,21H,11H2,1-2H3/p-1. The van der Waals surface area contributed by atoms with E-state index in [0.717, 1.165) is 11.1 Å². The Morgan fingerprint density at radius 2 is 1.71 bits per heavy atom. The Balaban J connectivity index is 1.96. The van der Waals surface area contributed by atoms with Crippen LogP contribution in [-0.2, 0) is 0 Å². The third kappa shape index (κ3) is 4.87. The normalized spacial score (nSPS) is 11.2. The number of ether oxygens (including phenoxy) is 1. The van der Waals surface area contributed by atoms with Crippen molar-refractivity contribution in [1.82, 2.24) is 0 Å². The molecule has 0 bridgehead atoms. The maximum absolute atomic E-state index is 12.1. The van der Waals surface area contributed by atoms with E-state index in [4.69, 9.17) is 4.74 Å². The minimum absolute atomic E-state index is 0.0332. The fourth-order valence-electron chi connectivity index (χ4n) is 1.71. The van der Waals surface area contributed by atoms with Gasteiger partial charge in [0.15, 0.2) is 5.52 Å². The Hall–Kier alpha value is -1.86. The van der Waals surface area contributed by atoms with E-state index in [0.29, 0.717) is 18.1 Å². The van der Waals surface area contributed by atoms with Crippen molar-refractivity contribution in [3.05, 3.63) is 54.1 Å². The lowest BCUT2D eigenvalue weighted by Gasteiger charge is -2.09. The van der Waals surface area contributed by atoms with E-state index >= 15 is 0 Å². The van der Waals surface area contributed by atoms with Gasteiger partial charge in [-0.2, -0.15) is 0 Å². The average molecular weight is 301 g/mol. The molecule has 0 aliphatic heterocycles. The fraction of sp³-hybridized carbons (Fsp3) is 0.235. The first kappa shape index (κ1) is 15.5. The van der Waals surface area contributed by atoms with Crippen molar-refractivity contribution in [1.29, 1.82) is 0 Å². The minimum Gasteiger partial charge on any atom is -0.872 e. The molecule has 0 saturated heterocycles. The first-order chi connectivity index (χ1) is 10.0. The number of carbonyl (C=O) groups is 1. The molecular weight excluding hydrogens is 283 g/mol. The van der Waals surface area contributed by atoms with Crippen molar-refractivity contribution >= 4 is 19.4 Å². The minimum atomic E-state index is -0.0819. The summed E-state index contributed by atoms with van der Waals surface area (Å²) >= 11 is 0. The van der Waals surface area contributed by atoms with Crippen LogP contribution in [0.1, 0.15) is 24.2 Å². The molecule has 0 aliphatic rings. The third-order valence-electron chi connectivity index (χ3n) is 2.81. The molecule has 1 atom stereocenters. The molecule has 0 saturated carbocycles. The molecule has 0 aromatic heterocycles. The summed E-state index contributed by atoms with van der Waals surface area (Å²) in [6.45, 7) is 4.88. The Kier molecular flexibility index (Phi) is 5.35. The first-order valence-electron chi connectivity index (χ1n) is 6.86. The van der Waals surface area contributed by atoms with Crippen LogP contribution < -0.4 is 15.1 Å². The van der Waals surface area contributed by atoms with Gasteiger partial charge in [0.25, 0.3) is 0 Å². The van der Waals surface area contributed by atoms with E-state index in [1.807, 2.05) is 24.3 Å². The number of carbonyl (C=O) groups excluding carboxylic acids is 1. The molecule has 2 aromatic rings. The monoisotopic (exact) mass is 301 g/mol. The topological polar surface area (TPSA) is 49.4 Å². The first-order valence-corrected chi connectivity index (χ1v) is 7.86. The van der Waals surface area contributed by atoms with Crippen molar-refractivity contribution in [3.8, 4) is 11.5 Å². The number of hydrogen-bond donors (Lipinski definition) is 0. The second kappa shape index (κ2) is 7.24. The van der Waals surface area contributed by atoms with Crippen LogP contribution in [0, 0.1) is 5.92 Å². The summed E-state index contributed by atoms with van der Waals surface area (Å²) in [6, 6.07) is 13.6. The molecule has 110 valence electrons. The van der Waals surface area contributed by atoms with Crippen molar-refractivity contribution < 1.29 is 14.6 Å². The Bertz CT molecular complexity index is 588. The molecule has 0 aliphatic carbocycles. The van der Waals surface area contributed by atoms with Gasteiger partial charge < -0.3 is 9.84 Å². The summed E-state index contributed by atoms with van der Waals surface area (Å²) in [5.41, 5.74) is 0.610. The molecule has 3 nitrogen and oxygen atoms in total. The van der Waals surface area contributed by atoms with Gasteiger partial charge in [-0.1, -0.05) is 50.2 Å². The molecule has 21 heavy (non-hydrogen) atoms. The second-order valence-electron chi connectivity index (χ2n) is 5.21. The molecular formula is C17H18O3P-. The van der Waals surface area contributed by atoms with Gasteiger partial charge in [-0.15, -0.1) is 5.75 Å². The predicted octanol–water partition coefficient (Wildman–Crippen LogP) is 2.94. The van der Waals surface area contributed by atoms with Crippen LogP contribution in [0.5, 0.6) is 11.5 Å². The van der Waals surface area contributed by atoms with E-state index in [9.17, 15) is 9.90 Å². The highest BCUT2D eigenvalue weighted by Crippen LogP contribution is 2.21. The molecule has 0 spiro atoms. The Labute approximate surface area is 126 Å². The molecule has 4 heteroatoms. The van der Waals surface area contributed by atoms with Gasteiger partial charge in [0.2, 0.25) is 0 Å². The second-order valence-corrected chi connectivity index (χ2v) is 6.49. The van der Waals surface area contributed by atoms with E-state index in [-0.39, 0.29) is 19.9 Å². The van der Waals surface area contributed by atoms with Gasteiger partial charge >= 0.3 is 0 Å². The number of rotatable bonds is 6. The summed E-state index contributed by atoms with van der Waals surface area (Å²) in [7, 11) is 0.0497. The molecule has 0 amide bonds. The van der Waals surface area contributed by atoms with Crippen molar-refractivity contribution in [2.24, 2.45) is 5.92 Å². The van der Waals surface area contributed by atoms with Crippen molar-refractivity contribution in [2.75, 3.05) is 6.61 Å². The SMILES string of the molecule is CC(C)COc1ccc(PC(=O)c2ccc([O-])cc2)cc1. The van der Waals surface area contributed by atoms with Gasteiger partial charge in [-0.05, 0) is 31.9 Å². The summed E-state index contributed by atoms with van der Waals surface area (Å²) < 4.78 is 5.61. The molecule has 0 fully saturated rings. The van der Waals surface area contributed by atoms with Crippen LogP contribution in [0.2, 0.25) is 0 Å². The highest BCUT2D eigenvalue weighted by Gasteiger charge is 2.06. The quantitative estimate of drug-likeness (QED) is 0.771. The Morgan fingerprint density at radius 3 is 2.29 bits per heavy atom. The van der Waals surface area contributed by atoms with Crippen molar-refractivity contribution in [3.63, 3.8) is 0 Å². The highest BCUT2D eigenvalue weighted by atomic mass is 31.1. The van der Waals surface area contributed by atoms with Crippen molar-refractivity contribution in [2.45, 2.75) is 13.8 Å². The van der Waals surface area contributed by atoms with Crippen LogP contribution in [0.4, 0.5) is 0 Å². The largest absolute Gasteiger partial charge is 0.872 e. The smallest absolute Gasteiger partial charge is 0.185 e. The van der Waals surface area contributed by atoms with Crippen LogP contribution in [0.25, 0.3) is 0 Å². The average Bonchev–Trinajstić information content (AvgIpc) is 2.47. The maximum Gasteiger partial charge on any atom is 0.185 e. The van der Waals surface area contributed by atoms with Crippen LogP contribution >= 0.6 is 8.58 Å². The van der Waals surface area contributed by atoms with E-state index in [2.05, 4.69) is 13.8 Å². The molecule has 2 aromatic carbocycles. The maximum atomic E-state index is 12.1. The summed E-state index contributed by atoms with van der Waals surface area (Å²) in [6.07, 6.45) is 0. The van der Waals surface area contributed by atoms with E-state index in [1.54, 1.807) is 12.1 Å². The van der Waals surface area contributed by atoms with E-state index in [1.165, 1.54) is 12.1 Å². The zero-order chi connectivity index (χ0) is 15.2. The summed E-state index contributed by atoms with van der Waals surface area (Å²) in [4.78, 5) is 12.1. The predicted molar refractivity (Wildman–Crippen MR) is 84.9 cm³/mol. The summed E-state index contributed by atoms with van der Waals surface area (Å²) in [5.74, 6) is 1.22. The Morgan fingerprint density at radius 1 is 1.10 bits per heavy atom. The van der Waals surface area contributed by atoms with Gasteiger partial charge in [-0.3, -0.25) is 4.79 Å². The van der Waals surface area contributed by atoms with Gasteiger partial charge in [0, 0.05) is 5.56 Å². The van der Waals surface area contributed by atoms with Gasteiger partial charge in [0.05, 0.1) is 6.61 Å². The fourth-order valence-corrected chi connectivity index (χ4v) is 2.61. The molecule has 2 rings (SSSR count). The lowest BCUT2D eigenvalue weighted by atomic mass is 10.2. The number of benzene rings is 2. The molecule has 0 heterocycles. The van der Waals surface area contributed by atoms with E-state index < -0.39 is 0 Å². The van der Waals surface area contributed by atoms with Crippen LogP contribution in [-0.4, -0.2) is 12.1 Å². The molecule has 0 N–H and O–H groups in total. The molecule has 1 unspecified atom stereocenters. The van der Waals surface area contributed by atoms with Gasteiger partial charge in [0.1, 0.15) is 5.75 Å². The number of hydrogen-bond acceptors (Lipinski definition) is 3. The zero-order valence-corrected chi connectivity index (χ0v) is 13.1. The lowest BCUT2D eigenvalue weighted by molar-refractivity contribution is -0.268. The third-order valence-corrected chi connectivity index (χ3v) is 3.95. The van der Waals surface area contributed by atoms with Gasteiger partial charge in [-0.25, -0.2) is 0 Å².